The minimum absolute atomic E-state index is 0.0625. The monoisotopic (exact) mass is 336 g/mol. The molecular formula is C16H18BrFN2. The van der Waals surface area contributed by atoms with Crippen LogP contribution in [0.5, 0.6) is 0 Å². The fourth-order valence-corrected chi connectivity index (χ4v) is 2.91. The summed E-state index contributed by atoms with van der Waals surface area (Å²) in [7, 11) is 0. The minimum atomic E-state index is -0.245. The molecule has 0 amide bonds. The third-order valence-corrected chi connectivity index (χ3v) is 4.07. The Bertz CT molecular complexity index is 560. The van der Waals surface area contributed by atoms with Gasteiger partial charge in [0.05, 0.1) is 6.04 Å². The average molecular weight is 337 g/mol. The second-order valence-electron chi connectivity index (χ2n) is 4.54. The molecule has 2 nitrogen and oxygen atoms in total. The smallest absolute Gasteiger partial charge is 0.123 e. The van der Waals surface area contributed by atoms with Gasteiger partial charge in [0.2, 0.25) is 0 Å². The molecule has 0 spiro atoms. The zero-order chi connectivity index (χ0) is 14.5. The van der Waals surface area contributed by atoms with Gasteiger partial charge in [0, 0.05) is 23.2 Å². The predicted molar refractivity (Wildman–Crippen MR) is 85.4 cm³/mol. The quantitative estimate of drug-likeness (QED) is 0.889. The summed E-state index contributed by atoms with van der Waals surface area (Å²) in [6.45, 7) is 3.29. The Morgan fingerprint density at radius 2 is 1.90 bits per heavy atom. The highest BCUT2D eigenvalue weighted by Gasteiger charge is 2.20. The molecule has 0 aromatic heterocycles. The third kappa shape index (κ3) is 3.19. The number of likely N-dealkylation sites (N-methyl/N-ethyl adjacent to an activating group) is 1. The normalized spacial score (nSPS) is 12.2. The first-order chi connectivity index (χ1) is 9.67. The van der Waals surface area contributed by atoms with Gasteiger partial charge in [-0.05, 0) is 42.8 Å². The van der Waals surface area contributed by atoms with Gasteiger partial charge < -0.3 is 10.6 Å². The van der Waals surface area contributed by atoms with Gasteiger partial charge in [-0.1, -0.05) is 34.1 Å². The molecule has 0 saturated carbocycles. The third-order valence-electron chi connectivity index (χ3n) is 3.35. The number of para-hydroxylation sites is 1. The molecule has 0 radical (unpaired) electrons. The minimum Gasteiger partial charge on any atom is -0.363 e. The van der Waals surface area contributed by atoms with Crippen molar-refractivity contribution in [2.75, 3.05) is 18.0 Å². The van der Waals surface area contributed by atoms with Gasteiger partial charge in [-0.25, -0.2) is 4.39 Å². The van der Waals surface area contributed by atoms with Crippen LogP contribution >= 0.6 is 15.9 Å². The number of nitrogens with zero attached hydrogens (tertiary/aromatic N) is 1. The van der Waals surface area contributed by atoms with Crippen LogP contribution in [0.3, 0.4) is 0 Å². The van der Waals surface area contributed by atoms with Gasteiger partial charge >= 0.3 is 0 Å². The Balaban J connectivity index is 2.42. The molecule has 0 saturated heterocycles. The number of rotatable bonds is 5. The molecule has 0 aliphatic rings. The fraction of sp³-hybridized carbons (Fsp3) is 0.250. The predicted octanol–water partition coefficient (Wildman–Crippen LogP) is 4.11. The van der Waals surface area contributed by atoms with Crippen molar-refractivity contribution in [1.82, 2.24) is 0 Å². The van der Waals surface area contributed by atoms with E-state index in [0.717, 1.165) is 22.3 Å². The second-order valence-corrected chi connectivity index (χ2v) is 5.39. The first-order valence-corrected chi connectivity index (χ1v) is 7.43. The highest BCUT2D eigenvalue weighted by Crippen LogP contribution is 2.31. The molecule has 2 rings (SSSR count). The van der Waals surface area contributed by atoms with Crippen LogP contribution in [0.15, 0.2) is 53.0 Å². The molecule has 2 aromatic carbocycles. The van der Waals surface area contributed by atoms with Crippen LogP contribution in [0.1, 0.15) is 18.5 Å². The summed E-state index contributed by atoms with van der Waals surface area (Å²) in [5.41, 5.74) is 7.91. The number of hydrogen-bond donors (Lipinski definition) is 1. The van der Waals surface area contributed by atoms with Crippen LogP contribution in [-0.2, 0) is 0 Å². The molecule has 2 N–H and O–H groups in total. The van der Waals surface area contributed by atoms with Gasteiger partial charge in [-0.15, -0.1) is 0 Å². The van der Waals surface area contributed by atoms with E-state index >= 15 is 0 Å². The highest BCUT2D eigenvalue weighted by atomic mass is 79.9. The standard InChI is InChI=1S/C16H18BrFN2/c1-2-20(13-6-4-3-5-7-13)16(11-19)14-10-12(18)8-9-15(14)17/h3-10,16H,2,11,19H2,1H3. The zero-order valence-corrected chi connectivity index (χ0v) is 13.0. The van der Waals surface area contributed by atoms with E-state index in [0.29, 0.717) is 6.54 Å². The SMILES string of the molecule is CCN(c1ccccc1)C(CN)c1cc(F)ccc1Br. The van der Waals surface area contributed by atoms with Crippen LogP contribution in [-0.4, -0.2) is 13.1 Å². The number of benzene rings is 2. The molecule has 0 fully saturated rings. The lowest BCUT2D eigenvalue weighted by Crippen LogP contribution is -2.34. The Kier molecular flexibility index (Phi) is 5.15. The molecular weight excluding hydrogens is 319 g/mol. The molecule has 2 aromatic rings. The summed E-state index contributed by atoms with van der Waals surface area (Å²) < 4.78 is 14.4. The second kappa shape index (κ2) is 6.86. The van der Waals surface area contributed by atoms with E-state index in [4.69, 9.17) is 5.73 Å². The van der Waals surface area contributed by atoms with E-state index in [1.54, 1.807) is 12.1 Å². The van der Waals surface area contributed by atoms with Crippen molar-refractivity contribution in [2.45, 2.75) is 13.0 Å². The Morgan fingerprint density at radius 3 is 2.50 bits per heavy atom. The first kappa shape index (κ1) is 15.0. The van der Waals surface area contributed by atoms with Crippen molar-refractivity contribution in [1.29, 1.82) is 0 Å². The lowest BCUT2D eigenvalue weighted by atomic mass is 10.0. The van der Waals surface area contributed by atoms with Crippen LogP contribution in [0.2, 0.25) is 0 Å². The molecule has 0 bridgehead atoms. The summed E-state index contributed by atoms with van der Waals surface area (Å²) in [4.78, 5) is 2.18. The maximum atomic E-state index is 13.5. The van der Waals surface area contributed by atoms with Gasteiger partial charge in [0.15, 0.2) is 0 Å². The zero-order valence-electron chi connectivity index (χ0n) is 11.4. The lowest BCUT2D eigenvalue weighted by molar-refractivity contribution is 0.605. The molecule has 4 heteroatoms. The Hall–Kier alpha value is -1.39. The van der Waals surface area contributed by atoms with Gasteiger partial charge in [-0.3, -0.25) is 0 Å². The average Bonchev–Trinajstić information content (AvgIpc) is 2.48. The van der Waals surface area contributed by atoms with Crippen molar-refractivity contribution in [2.24, 2.45) is 5.73 Å². The molecule has 1 unspecified atom stereocenters. The topological polar surface area (TPSA) is 29.3 Å². The largest absolute Gasteiger partial charge is 0.363 e. The summed E-state index contributed by atoms with van der Waals surface area (Å²) in [6, 6.07) is 14.7. The van der Waals surface area contributed by atoms with Gasteiger partial charge in [0.1, 0.15) is 5.82 Å². The maximum absolute atomic E-state index is 13.5. The van der Waals surface area contributed by atoms with Gasteiger partial charge in [0.25, 0.3) is 0 Å². The van der Waals surface area contributed by atoms with Crippen molar-refractivity contribution in [3.05, 3.63) is 64.4 Å². The first-order valence-electron chi connectivity index (χ1n) is 6.64. The Labute approximate surface area is 127 Å². The molecule has 106 valence electrons. The van der Waals surface area contributed by atoms with E-state index in [1.807, 2.05) is 30.3 Å². The van der Waals surface area contributed by atoms with E-state index in [9.17, 15) is 4.39 Å². The summed E-state index contributed by atoms with van der Waals surface area (Å²) in [5.74, 6) is -0.245. The summed E-state index contributed by atoms with van der Waals surface area (Å²) >= 11 is 3.49. The van der Waals surface area contributed by atoms with E-state index in [1.165, 1.54) is 6.07 Å². The lowest BCUT2D eigenvalue weighted by Gasteiger charge is -2.33. The van der Waals surface area contributed by atoms with Crippen molar-refractivity contribution in [3.63, 3.8) is 0 Å². The van der Waals surface area contributed by atoms with Crippen LogP contribution in [0, 0.1) is 5.82 Å². The van der Waals surface area contributed by atoms with E-state index in [2.05, 4.69) is 27.8 Å². The number of halogens is 2. The van der Waals surface area contributed by atoms with E-state index < -0.39 is 0 Å². The van der Waals surface area contributed by atoms with Crippen LogP contribution in [0.4, 0.5) is 10.1 Å². The maximum Gasteiger partial charge on any atom is 0.123 e. The Morgan fingerprint density at radius 1 is 1.20 bits per heavy atom. The highest BCUT2D eigenvalue weighted by molar-refractivity contribution is 9.10. The van der Waals surface area contributed by atoms with Crippen LogP contribution < -0.4 is 10.6 Å². The van der Waals surface area contributed by atoms with Crippen LogP contribution in [0.25, 0.3) is 0 Å². The van der Waals surface area contributed by atoms with Crippen molar-refractivity contribution < 1.29 is 4.39 Å². The van der Waals surface area contributed by atoms with Gasteiger partial charge in [-0.2, -0.15) is 0 Å². The molecule has 0 aliphatic heterocycles. The number of anilines is 1. The molecule has 0 aliphatic carbocycles. The fourth-order valence-electron chi connectivity index (χ4n) is 2.39. The van der Waals surface area contributed by atoms with E-state index in [-0.39, 0.29) is 11.9 Å². The van der Waals surface area contributed by atoms with Crippen molar-refractivity contribution >= 4 is 21.6 Å². The molecule has 0 heterocycles. The van der Waals surface area contributed by atoms with Crippen molar-refractivity contribution in [3.8, 4) is 0 Å². The number of hydrogen-bond acceptors (Lipinski definition) is 2. The summed E-state index contributed by atoms with van der Waals surface area (Å²) in [5, 5.41) is 0. The number of nitrogens with two attached hydrogens (primary N) is 1. The molecule has 1 atom stereocenters. The molecule has 20 heavy (non-hydrogen) atoms. The summed E-state index contributed by atoms with van der Waals surface area (Å²) in [6.07, 6.45) is 0.